The SMILES string of the molecule is CCc1ccc(CNc2ccc(N)c(OCC(C)C)n2)s1. The van der Waals surface area contributed by atoms with Gasteiger partial charge in [-0.1, -0.05) is 20.8 Å². The smallest absolute Gasteiger partial charge is 0.239 e. The number of anilines is 2. The second-order valence-corrected chi connectivity index (χ2v) is 6.62. The number of nitrogen functional groups attached to an aromatic ring is 1. The lowest BCUT2D eigenvalue weighted by atomic mass is 10.2. The summed E-state index contributed by atoms with van der Waals surface area (Å²) in [6, 6.07) is 8.04. The molecule has 0 aromatic carbocycles. The third kappa shape index (κ3) is 4.63. The molecule has 0 aliphatic rings. The maximum atomic E-state index is 5.89. The zero-order valence-corrected chi connectivity index (χ0v) is 13.7. The van der Waals surface area contributed by atoms with E-state index >= 15 is 0 Å². The van der Waals surface area contributed by atoms with Crippen LogP contribution in [0.25, 0.3) is 0 Å². The van der Waals surface area contributed by atoms with Crippen LogP contribution in [-0.2, 0) is 13.0 Å². The van der Waals surface area contributed by atoms with Gasteiger partial charge in [-0.2, -0.15) is 4.98 Å². The molecule has 0 fully saturated rings. The average Bonchev–Trinajstić information content (AvgIpc) is 2.93. The maximum absolute atomic E-state index is 5.89. The second-order valence-electron chi connectivity index (χ2n) is 5.37. The van der Waals surface area contributed by atoms with E-state index in [1.807, 2.05) is 23.5 Å². The zero-order valence-electron chi connectivity index (χ0n) is 12.8. The second kappa shape index (κ2) is 7.31. The lowest BCUT2D eigenvalue weighted by Crippen LogP contribution is -2.09. The molecule has 2 heterocycles. The summed E-state index contributed by atoms with van der Waals surface area (Å²) < 4.78 is 5.64. The molecule has 0 spiro atoms. The largest absolute Gasteiger partial charge is 0.476 e. The highest BCUT2D eigenvalue weighted by Gasteiger charge is 2.06. The standard InChI is InChI=1S/C16H23N3OS/c1-4-12-5-6-13(21-12)9-18-15-8-7-14(17)16(19-15)20-10-11(2)3/h5-8,11H,4,9-10,17H2,1-3H3,(H,18,19). The Kier molecular flexibility index (Phi) is 5.44. The van der Waals surface area contributed by atoms with Gasteiger partial charge in [0.1, 0.15) is 5.82 Å². The molecule has 3 N–H and O–H groups in total. The van der Waals surface area contributed by atoms with Crippen molar-refractivity contribution in [1.82, 2.24) is 4.98 Å². The van der Waals surface area contributed by atoms with Crippen molar-refractivity contribution in [2.75, 3.05) is 17.7 Å². The van der Waals surface area contributed by atoms with Gasteiger partial charge in [-0.05, 0) is 36.6 Å². The van der Waals surface area contributed by atoms with Crippen molar-refractivity contribution < 1.29 is 4.74 Å². The van der Waals surface area contributed by atoms with Gasteiger partial charge in [0.05, 0.1) is 18.8 Å². The minimum Gasteiger partial charge on any atom is -0.476 e. The van der Waals surface area contributed by atoms with Crippen LogP contribution in [0.1, 0.15) is 30.5 Å². The summed E-state index contributed by atoms with van der Waals surface area (Å²) in [7, 11) is 0. The number of aromatic nitrogens is 1. The van der Waals surface area contributed by atoms with E-state index in [1.165, 1.54) is 9.75 Å². The molecule has 0 saturated heterocycles. The Labute approximate surface area is 130 Å². The van der Waals surface area contributed by atoms with Crippen LogP contribution in [0.5, 0.6) is 5.88 Å². The number of thiophene rings is 1. The van der Waals surface area contributed by atoms with Gasteiger partial charge >= 0.3 is 0 Å². The summed E-state index contributed by atoms with van der Waals surface area (Å²) in [6.07, 6.45) is 1.08. The minimum absolute atomic E-state index is 0.446. The van der Waals surface area contributed by atoms with Gasteiger partial charge < -0.3 is 15.8 Å². The van der Waals surface area contributed by atoms with Gasteiger partial charge in [0, 0.05) is 9.75 Å². The fourth-order valence-corrected chi connectivity index (χ4v) is 2.69. The van der Waals surface area contributed by atoms with E-state index in [-0.39, 0.29) is 0 Å². The van der Waals surface area contributed by atoms with E-state index < -0.39 is 0 Å². The first-order valence-electron chi connectivity index (χ1n) is 7.29. The lowest BCUT2D eigenvalue weighted by molar-refractivity contribution is 0.263. The van der Waals surface area contributed by atoms with Crippen molar-refractivity contribution in [2.45, 2.75) is 33.7 Å². The molecule has 0 saturated carbocycles. The molecule has 0 radical (unpaired) electrons. The predicted octanol–water partition coefficient (Wildman–Crippen LogP) is 3.93. The van der Waals surface area contributed by atoms with Crippen LogP contribution in [0, 0.1) is 5.92 Å². The Morgan fingerprint density at radius 1 is 1.24 bits per heavy atom. The van der Waals surface area contributed by atoms with Gasteiger partial charge in [0.15, 0.2) is 0 Å². The molecule has 21 heavy (non-hydrogen) atoms. The molecule has 0 atom stereocenters. The number of ether oxygens (including phenoxy) is 1. The van der Waals surface area contributed by atoms with Gasteiger partial charge in [-0.15, -0.1) is 11.3 Å². The highest BCUT2D eigenvalue weighted by Crippen LogP contribution is 2.23. The Bertz CT molecular complexity index is 581. The number of nitrogens with one attached hydrogen (secondary N) is 1. The van der Waals surface area contributed by atoms with E-state index in [0.717, 1.165) is 18.8 Å². The van der Waals surface area contributed by atoms with Crippen molar-refractivity contribution in [3.8, 4) is 5.88 Å². The first kappa shape index (κ1) is 15.6. The summed E-state index contributed by atoms with van der Waals surface area (Å²) in [6.45, 7) is 7.75. The minimum atomic E-state index is 0.446. The summed E-state index contributed by atoms with van der Waals surface area (Å²) >= 11 is 1.83. The third-order valence-electron chi connectivity index (χ3n) is 2.95. The van der Waals surface area contributed by atoms with Crippen molar-refractivity contribution in [2.24, 2.45) is 5.92 Å². The summed E-state index contributed by atoms with van der Waals surface area (Å²) in [5, 5.41) is 3.32. The number of hydrogen-bond donors (Lipinski definition) is 2. The molecule has 2 aromatic heterocycles. The summed E-state index contributed by atoms with van der Waals surface area (Å²) in [4.78, 5) is 7.13. The zero-order chi connectivity index (χ0) is 15.2. The lowest BCUT2D eigenvalue weighted by Gasteiger charge is -2.12. The molecule has 0 bridgehead atoms. The van der Waals surface area contributed by atoms with E-state index in [0.29, 0.717) is 24.1 Å². The predicted molar refractivity (Wildman–Crippen MR) is 90.0 cm³/mol. The van der Waals surface area contributed by atoms with Crippen molar-refractivity contribution in [3.05, 3.63) is 34.0 Å². The van der Waals surface area contributed by atoms with Crippen LogP contribution >= 0.6 is 11.3 Å². The summed E-state index contributed by atoms with van der Waals surface area (Å²) in [5.41, 5.74) is 6.47. The van der Waals surface area contributed by atoms with Crippen molar-refractivity contribution in [1.29, 1.82) is 0 Å². The molecule has 2 aromatic rings. The molecule has 2 rings (SSSR count). The van der Waals surface area contributed by atoms with Crippen LogP contribution in [0.15, 0.2) is 24.3 Å². The average molecular weight is 305 g/mol. The van der Waals surface area contributed by atoms with Gasteiger partial charge in [-0.3, -0.25) is 0 Å². The number of nitrogens with zero attached hydrogens (tertiary/aromatic N) is 1. The fraction of sp³-hybridized carbons (Fsp3) is 0.438. The van der Waals surface area contributed by atoms with E-state index in [4.69, 9.17) is 10.5 Å². The summed E-state index contributed by atoms with van der Waals surface area (Å²) in [5.74, 6) is 1.74. The Morgan fingerprint density at radius 2 is 2.00 bits per heavy atom. The first-order chi connectivity index (χ1) is 10.1. The highest BCUT2D eigenvalue weighted by molar-refractivity contribution is 7.12. The van der Waals surface area contributed by atoms with E-state index in [9.17, 15) is 0 Å². The van der Waals surface area contributed by atoms with Crippen LogP contribution in [0.4, 0.5) is 11.5 Å². The van der Waals surface area contributed by atoms with Crippen molar-refractivity contribution in [3.63, 3.8) is 0 Å². The third-order valence-corrected chi connectivity index (χ3v) is 4.18. The Hall–Kier alpha value is -1.75. The van der Waals surface area contributed by atoms with Crippen LogP contribution in [0.2, 0.25) is 0 Å². The van der Waals surface area contributed by atoms with Gasteiger partial charge in [-0.25, -0.2) is 0 Å². The molecule has 0 aliphatic carbocycles. The number of rotatable bonds is 7. The molecule has 4 nitrogen and oxygen atoms in total. The van der Waals surface area contributed by atoms with Crippen LogP contribution < -0.4 is 15.8 Å². The molecular formula is C16H23N3OS. The topological polar surface area (TPSA) is 60.2 Å². The Balaban J connectivity index is 1.98. The molecule has 0 aliphatic heterocycles. The number of nitrogens with two attached hydrogens (primary N) is 1. The Morgan fingerprint density at radius 3 is 2.67 bits per heavy atom. The molecule has 114 valence electrons. The molecule has 0 amide bonds. The van der Waals surface area contributed by atoms with Gasteiger partial charge in [0.25, 0.3) is 0 Å². The van der Waals surface area contributed by atoms with Crippen molar-refractivity contribution >= 4 is 22.8 Å². The number of pyridine rings is 1. The monoisotopic (exact) mass is 305 g/mol. The van der Waals surface area contributed by atoms with E-state index in [1.54, 1.807) is 0 Å². The molecule has 5 heteroatoms. The quantitative estimate of drug-likeness (QED) is 0.813. The first-order valence-corrected chi connectivity index (χ1v) is 8.11. The van der Waals surface area contributed by atoms with Crippen LogP contribution in [-0.4, -0.2) is 11.6 Å². The fourth-order valence-electron chi connectivity index (χ4n) is 1.80. The molecule has 0 unspecified atom stereocenters. The number of hydrogen-bond acceptors (Lipinski definition) is 5. The van der Waals surface area contributed by atoms with E-state index in [2.05, 4.69) is 43.2 Å². The highest BCUT2D eigenvalue weighted by atomic mass is 32.1. The number of aryl methyl sites for hydroxylation is 1. The molecular weight excluding hydrogens is 282 g/mol. The van der Waals surface area contributed by atoms with Crippen LogP contribution in [0.3, 0.4) is 0 Å². The van der Waals surface area contributed by atoms with Gasteiger partial charge in [0.2, 0.25) is 5.88 Å². The maximum Gasteiger partial charge on any atom is 0.239 e. The normalized spacial score (nSPS) is 10.9.